The van der Waals surface area contributed by atoms with E-state index in [4.69, 9.17) is 0 Å². The maximum atomic E-state index is 13.6. The summed E-state index contributed by atoms with van der Waals surface area (Å²) >= 11 is 0. The quantitative estimate of drug-likeness (QED) is 0.688. The fourth-order valence-corrected chi connectivity index (χ4v) is 2.60. The highest BCUT2D eigenvalue weighted by Gasteiger charge is 2.35. The molecule has 0 unspecified atom stereocenters. The van der Waals surface area contributed by atoms with Gasteiger partial charge in [-0.2, -0.15) is 0 Å². The minimum Gasteiger partial charge on any atom is -0.322 e. The molecular formula is C19H15FN2O3. The van der Waals surface area contributed by atoms with Gasteiger partial charge < -0.3 is 5.32 Å². The van der Waals surface area contributed by atoms with Gasteiger partial charge in [-0.15, -0.1) is 6.58 Å². The van der Waals surface area contributed by atoms with Crippen LogP contribution in [0.3, 0.4) is 0 Å². The van der Waals surface area contributed by atoms with Crippen molar-refractivity contribution in [2.24, 2.45) is 0 Å². The monoisotopic (exact) mass is 338 g/mol. The van der Waals surface area contributed by atoms with E-state index in [2.05, 4.69) is 11.9 Å². The van der Waals surface area contributed by atoms with E-state index in [1.807, 2.05) is 0 Å². The molecule has 126 valence electrons. The van der Waals surface area contributed by atoms with Crippen molar-refractivity contribution >= 4 is 23.4 Å². The molecule has 2 aromatic carbocycles. The van der Waals surface area contributed by atoms with E-state index in [1.54, 1.807) is 19.1 Å². The summed E-state index contributed by atoms with van der Waals surface area (Å²) < 4.78 is 13.6. The van der Waals surface area contributed by atoms with Crippen LogP contribution in [-0.4, -0.2) is 29.2 Å². The number of nitrogens with zero attached hydrogens (tertiary/aromatic N) is 1. The molecule has 1 heterocycles. The lowest BCUT2D eigenvalue weighted by molar-refractivity contribution is 0.0672. The van der Waals surface area contributed by atoms with Crippen LogP contribution in [0.5, 0.6) is 0 Å². The molecule has 0 saturated carbocycles. The minimum atomic E-state index is -0.492. The van der Waals surface area contributed by atoms with Crippen LogP contribution in [-0.2, 0) is 0 Å². The topological polar surface area (TPSA) is 66.5 Å². The fourth-order valence-electron chi connectivity index (χ4n) is 2.60. The van der Waals surface area contributed by atoms with Gasteiger partial charge in [-0.05, 0) is 42.8 Å². The molecule has 3 amide bonds. The van der Waals surface area contributed by atoms with Crippen LogP contribution in [0.25, 0.3) is 0 Å². The van der Waals surface area contributed by atoms with Gasteiger partial charge in [0.1, 0.15) is 5.82 Å². The second kappa shape index (κ2) is 6.32. The van der Waals surface area contributed by atoms with Crippen LogP contribution in [0, 0.1) is 12.7 Å². The molecule has 3 rings (SSSR count). The van der Waals surface area contributed by atoms with Crippen LogP contribution in [0.1, 0.15) is 36.6 Å². The van der Waals surface area contributed by atoms with Crippen LogP contribution in [0.2, 0.25) is 0 Å². The Hall–Kier alpha value is -3.28. The van der Waals surface area contributed by atoms with E-state index in [0.29, 0.717) is 11.3 Å². The number of fused-ring (bicyclic) bond motifs is 1. The van der Waals surface area contributed by atoms with Crippen molar-refractivity contribution in [2.45, 2.75) is 6.92 Å². The van der Waals surface area contributed by atoms with E-state index in [0.717, 1.165) is 4.90 Å². The number of carbonyl (C=O) groups excluding carboxylic acids is 3. The second-order valence-electron chi connectivity index (χ2n) is 5.69. The summed E-state index contributed by atoms with van der Waals surface area (Å²) in [5.74, 6) is -1.79. The highest BCUT2D eigenvalue weighted by Crippen LogP contribution is 2.24. The Bertz CT molecular complexity index is 921. The molecule has 6 heteroatoms. The van der Waals surface area contributed by atoms with Crippen molar-refractivity contribution in [2.75, 3.05) is 11.9 Å². The van der Waals surface area contributed by atoms with Gasteiger partial charge in [0.15, 0.2) is 0 Å². The molecule has 0 radical (unpaired) electrons. The van der Waals surface area contributed by atoms with Crippen molar-refractivity contribution in [1.29, 1.82) is 0 Å². The van der Waals surface area contributed by atoms with Crippen LogP contribution >= 0.6 is 0 Å². The number of rotatable bonds is 4. The van der Waals surface area contributed by atoms with E-state index in [-0.39, 0.29) is 23.2 Å². The van der Waals surface area contributed by atoms with E-state index in [9.17, 15) is 18.8 Å². The van der Waals surface area contributed by atoms with Gasteiger partial charge in [-0.3, -0.25) is 19.3 Å². The standard InChI is InChI=1S/C19H15FN2O3/c1-3-8-22-18(24)14-7-5-12(9-15(14)19(22)25)17(23)21-13-6-4-11(2)16(20)10-13/h3-7,9-10H,1,8H2,2H3,(H,21,23). The van der Waals surface area contributed by atoms with Crippen LogP contribution in [0.15, 0.2) is 49.1 Å². The predicted molar refractivity (Wildman–Crippen MR) is 91.1 cm³/mol. The summed E-state index contributed by atoms with van der Waals surface area (Å²) in [4.78, 5) is 37.9. The molecule has 5 nitrogen and oxygen atoms in total. The molecule has 0 aliphatic carbocycles. The summed E-state index contributed by atoms with van der Waals surface area (Å²) in [6.07, 6.45) is 1.46. The molecule has 1 N–H and O–H groups in total. The van der Waals surface area contributed by atoms with Crippen molar-refractivity contribution in [3.05, 3.63) is 77.1 Å². The third-order valence-electron chi connectivity index (χ3n) is 3.97. The normalized spacial score (nSPS) is 13.0. The lowest BCUT2D eigenvalue weighted by atomic mass is 10.1. The summed E-state index contributed by atoms with van der Waals surface area (Å²) in [5, 5.41) is 2.57. The Morgan fingerprint density at radius 1 is 1.16 bits per heavy atom. The molecule has 0 saturated heterocycles. The summed E-state index contributed by atoms with van der Waals surface area (Å²) in [6, 6.07) is 8.65. The number of benzene rings is 2. The van der Waals surface area contributed by atoms with Gasteiger partial charge in [0, 0.05) is 17.8 Å². The van der Waals surface area contributed by atoms with Gasteiger partial charge >= 0.3 is 0 Å². The molecule has 0 spiro atoms. The first-order valence-electron chi connectivity index (χ1n) is 7.61. The van der Waals surface area contributed by atoms with Gasteiger partial charge in [-0.1, -0.05) is 12.1 Å². The Morgan fingerprint density at radius 2 is 1.88 bits per heavy atom. The third-order valence-corrected chi connectivity index (χ3v) is 3.97. The van der Waals surface area contributed by atoms with E-state index >= 15 is 0 Å². The number of amides is 3. The van der Waals surface area contributed by atoms with Gasteiger partial charge in [0.2, 0.25) is 0 Å². The average Bonchev–Trinajstić information content (AvgIpc) is 2.83. The molecule has 1 aliphatic heterocycles. The number of nitrogens with one attached hydrogen (secondary N) is 1. The minimum absolute atomic E-state index is 0.108. The summed E-state index contributed by atoms with van der Waals surface area (Å²) in [7, 11) is 0. The number of anilines is 1. The number of hydrogen-bond acceptors (Lipinski definition) is 3. The maximum Gasteiger partial charge on any atom is 0.261 e. The smallest absolute Gasteiger partial charge is 0.261 e. The maximum absolute atomic E-state index is 13.6. The third kappa shape index (κ3) is 2.94. The first-order valence-corrected chi connectivity index (χ1v) is 7.61. The Kier molecular flexibility index (Phi) is 4.19. The van der Waals surface area contributed by atoms with Crippen molar-refractivity contribution in [3.63, 3.8) is 0 Å². The Morgan fingerprint density at radius 3 is 2.56 bits per heavy atom. The van der Waals surface area contributed by atoms with Gasteiger partial charge in [0.25, 0.3) is 17.7 Å². The molecular weight excluding hydrogens is 323 g/mol. The van der Waals surface area contributed by atoms with Crippen LogP contribution < -0.4 is 5.32 Å². The number of aryl methyl sites for hydroxylation is 1. The lowest BCUT2D eigenvalue weighted by Crippen LogP contribution is -2.29. The van der Waals surface area contributed by atoms with Gasteiger partial charge in [-0.25, -0.2) is 4.39 Å². The predicted octanol–water partition coefficient (Wildman–Crippen LogP) is 3.17. The van der Waals surface area contributed by atoms with Crippen LogP contribution in [0.4, 0.5) is 10.1 Å². The van der Waals surface area contributed by atoms with Crippen molar-refractivity contribution < 1.29 is 18.8 Å². The molecule has 0 fully saturated rings. The zero-order valence-corrected chi connectivity index (χ0v) is 13.5. The van der Waals surface area contributed by atoms with E-state index in [1.165, 1.54) is 30.3 Å². The highest BCUT2D eigenvalue weighted by molar-refractivity contribution is 6.22. The average molecular weight is 338 g/mol. The number of hydrogen-bond donors (Lipinski definition) is 1. The molecule has 0 bridgehead atoms. The summed E-state index contributed by atoms with van der Waals surface area (Å²) in [5.41, 5.74) is 1.42. The van der Waals surface area contributed by atoms with Crippen molar-refractivity contribution in [1.82, 2.24) is 4.90 Å². The SMILES string of the molecule is C=CCN1C(=O)c2ccc(C(=O)Nc3ccc(C)c(F)c3)cc2C1=O. The largest absolute Gasteiger partial charge is 0.322 e. The second-order valence-corrected chi connectivity index (χ2v) is 5.69. The molecule has 1 aliphatic rings. The number of imide groups is 1. The Labute approximate surface area is 143 Å². The molecule has 25 heavy (non-hydrogen) atoms. The Balaban J connectivity index is 1.86. The van der Waals surface area contributed by atoms with Crippen molar-refractivity contribution in [3.8, 4) is 0 Å². The molecule has 0 atom stereocenters. The fraction of sp³-hybridized carbons (Fsp3) is 0.105. The lowest BCUT2D eigenvalue weighted by Gasteiger charge is -2.09. The number of carbonyl (C=O) groups is 3. The van der Waals surface area contributed by atoms with E-state index < -0.39 is 23.5 Å². The highest BCUT2D eigenvalue weighted by atomic mass is 19.1. The molecule has 2 aromatic rings. The number of halogens is 1. The van der Waals surface area contributed by atoms with Gasteiger partial charge in [0.05, 0.1) is 11.1 Å². The first-order chi connectivity index (χ1) is 11.9. The molecule has 0 aromatic heterocycles. The zero-order chi connectivity index (χ0) is 18.1. The summed E-state index contributed by atoms with van der Waals surface area (Å²) in [6.45, 7) is 5.25. The zero-order valence-electron chi connectivity index (χ0n) is 13.5. The first kappa shape index (κ1) is 16.6.